The van der Waals surface area contributed by atoms with Crippen molar-refractivity contribution >= 4 is 22.7 Å². The summed E-state index contributed by atoms with van der Waals surface area (Å²) in [4.78, 5) is 17.1. The van der Waals surface area contributed by atoms with Crippen molar-refractivity contribution in [2.75, 3.05) is 5.75 Å². The van der Waals surface area contributed by atoms with Crippen LogP contribution in [-0.4, -0.2) is 15.3 Å². The van der Waals surface area contributed by atoms with Crippen molar-refractivity contribution in [1.82, 2.24) is 9.55 Å². The van der Waals surface area contributed by atoms with Gasteiger partial charge in [-0.05, 0) is 25.5 Å². The van der Waals surface area contributed by atoms with E-state index in [2.05, 4.69) is 18.5 Å². The lowest BCUT2D eigenvalue weighted by Crippen LogP contribution is -2.23. The summed E-state index contributed by atoms with van der Waals surface area (Å²) in [5, 5.41) is 1.46. The Hall–Kier alpha value is -1.55. The molecule has 2 aromatic rings. The maximum atomic E-state index is 12.5. The van der Waals surface area contributed by atoms with Crippen molar-refractivity contribution in [1.29, 1.82) is 0 Å². The molecule has 0 atom stereocenters. The van der Waals surface area contributed by atoms with Gasteiger partial charge in [-0.1, -0.05) is 43.0 Å². The highest BCUT2D eigenvalue weighted by Gasteiger charge is 2.10. The van der Waals surface area contributed by atoms with Gasteiger partial charge in [-0.25, -0.2) is 4.98 Å². The Morgan fingerprint density at radius 1 is 1.42 bits per heavy atom. The fourth-order valence-electron chi connectivity index (χ4n) is 1.86. The number of aromatic nitrogens is 2. The molecule has 4 heteroatoms. The Morgan fingerprint density at radius 2 is 2.16 bits per heavy atom. The Labute approximate surface area is 117 Å². The molecule has 0 aliphatic heterocycles. The summed E-state index contributed by atoms with van der Waals surface area (Å²) in [5.74, 6) is 0.959. The van der Waals surface area contributed by atoms with Crippen LogP contribution in [0.2, 0.25) is 0 Å². The lowest BCUT2D eigenvalue weighted by Gasteiger charge is -2.12. The van der Waals surface area contributed by atoms with Crippen LogP contribution in [0.3, 0.4) is 0 Å². The second kappa shape index (κ2) is 6.06. The highest BCUT2D eigenvalue weighted by molar-refractivity contribution is 7.99. The quantitative estimate of drug-likeness (QED) is 0.475. The van der Waals surface area contributed by atoms with Crippen LogP contribution in [0.5, 0.6) is 0 Å². The van der Waals surface area contributed by atoms with Crippen LogP contribution in [0.15, 0.2) is 46.4 Å². The highest BCUT2D eigenvalue weighted by Crippen LogP contribution is 2.19. The molecule has 1 aromatic heterocycles. The molecule has 0 bridgehead atoms. The third-order valence-electron chi connectivity index (χ3n) is 2.69. The standard InChI is InChI=1S/C15H18N2OS/c1-4-9-19-15-16-13-8-6-5-7-12(13)14(18)17(15)10-11(2)3/h5-8H,2,4,9-10H2,1,3H3. The van der Waals surface area contributed by atoms with E-state index in [0.717, 1.165) is 28.4 Å². The van der Waals surface area contributed by atoms with Gasteiger partial charge in [0.1, 0.15) is 0 Å². The minimum absolute atomic E-state index is 0.0206. The van der Waals surface area contributed by atoms with Gasteiger partial charge >= 0.3 is 0 Å². The molecule has 0 aliphatic rings. The molecule has 0 spiro atoms. The molecular weight excluding hydrogens is 256 g/mol. The number of para-hydroxylation sites is 1. The molecule has 0 saturated heterocycles. The molecule has 100 valence electrons. The van der Waals surface area contributed by atoms with Crippen LogP contribution in [0.4, 0.5) is 0 Å². The van der Waals surface area contributed by atoms with E-state index in [1.807, 2.05) is 31.2 Å². The predicted octanol–water partition coefficient (Wildman–Crippen LogP) is 3.47. The third kappa shape index (κ3) is 3.07. The first-order valence-corrected chi connectivity index (χ1v) is 7.38. The zero-order valence-electron chi connectivity index (χ0n) is 11.3. The fraction of sp³-hybridized carbons (Fsp3) is 0.333. The minimum atomic E-state index is 0.0206. The molecule has 0 unspecified atom stereocenters. The van der Waals surface area contributed by atoms with Crippen molar-refractivity contribution in [3.8, 4) is 0 Å². The van der Waals surface area contributed by atoms with E-state index in [9.17, 15) is 4.79 Å². The minimum Gasteiger partial charge on any atom is -0.283 e. The Bertz CT molecular complexity index is 661. The predicted molar refractivity (Wildman–Crippen MR) is 81.8 cm³/mol. The van der Waals surface area contributed by atoms with Crippen LogP contribution in [-0.2, 0) is 6.54 Å². The summed E-state index contributed by atoms with van der Waals surface area (Å²) in [6.45, 7) is 8.47. The number of benzene rings is 1. The summed E-state index contributed by atoms with van der Waals surface area (Å²) < 4.78 is 1.73. The highest BCUT2D eigenvalue weighted by atomic mass is 32.2. The first-order chi connectivity index (χ1) is 9.13. The summed E-state index contributed by atoms with van der Waals surface area (Å²) in [5.41, 5.74) is 1.74. The summed E-state index contributed by atoms with van der Waals surface area (Å²) >= 11 is 1.63. The molecule has 19 heavy (non-hydrogen) atoms. The smallest absolute Gasteiger partial charge is 0.262 e. The second-order valence-electron chi connectivity index (χ2n) is 4.61. The monoisotopic (exact) mass is 274 g/mol. The number of thioether (sulfide) groups is 1. The molecule has 0 N–H and O–H groups in total. The zero-order valence-corrected chi connectivity index (χ0v) is 12.2. The number of hydrogen-bond donors (Lipinski definition) is 0. The van der Waals surface area contributed by atoms with Gasteiger partial charge in [-0.15, -0.1) is 0 Å². The second-order valence-corrected chi connectivity index (χ2v) is 5.67. The van der Waals surface area contributed by atoms with Crippen LogP contribution in [0.25, 0.3) is 10.9 Å². The van der Waals surface area contributed by atoms with Crippen LogP contribution >= 0.6 is 11.8 Å². The molecular formula is C15H18N2OS. The molecule has 3 nitrogen and oxygen atoms in total. The molecule has 0 amide bonds. The zero-order chi connectivity index (χ0) is 13.8. The molecule has 1 heterocycles. The molecule has 0 fully saturated rings. The van der Waals surface area contributed by atoms with Gasteiger partial charge in [0.25, 0.3) is 5.56 Å². The summed E-state index contributed by atoms with van der Waals surface area (Å²) in [7, 11) is 0. The molecule has 0 radical (unpaired) electrons. The number of hydrogen-bond acceptors (Lipinski definition) is 3. The average molecular weight is 274 g/mol. The van der Waals surface area contributed by atoms with E-state index >= 15 is 0 Å². The van der Waals surface area contributed by atoms with E-state index in [1.165, 1.54) is 0 Å². The first kappa shape index (κ1) is 13.9. The lowest BCUT2D eigenvalue weighted by atomic mass is 10.2. The Balaban J connectivity index is 2.62. The largest absolute Gasteiger partial charge is 0.283 e. The Morgan fingerprint density at radius 3 is 2.84 bits per heavy atom. The molecule has 0 aliphatic carbocycles. The normalized spacial score (nSPS) is 10.8. The van der Waals surface area contributed by atoms with Crippen molar-refractivity contribution in [3.05, 3.63) is 46.8 Å². The summed E-state index contributed by atoms with van der Waals surface area (Å²) in [6, 6.07) is 7.49. The van der Waals surface area contributed by atoms with Crippen LogP contribution < -0.4 is 5.56 Å². The van der Waals surface area contributed by atoms with Gasteiger partial charge < -0.3 is 0 Å². The third-order valence-corrected chi connectivity index (χ3v) is 3.87. The van der Waals surface area contributed by atoms with Crippen molar-refractivity contribution in [2.24, 2.45) is 0 Å². The van der Waals surface area contributed by atoms with Crippen molar-refractivity contribution < 1.29 is 0 Å². The van der Waals surface area contributed by atoms with E-state index in [-0.39, 0.29) is 5.56 Å². The molecule has 1 aromatic carbocycles. The average Bonchev–Trinajstić information content (AvgIpc) is 2.40. The van der Waals surface area contributed by atoms with Gasteiger partial charge in [0.15, 0.2) is 5.16 Å². The SMILES string of the molecule is C=C(C)Cn1c(SCCC)nc2ccccc2c1=O. The van der Waals surface area contributed by atoms with Crippen molar-refractivity contribution in [2.45, 2.75) is 32.0 Å². The van der Waals surface area contributed by atoms with Gasteiger partial charge in [0.2, 0.25) is 0 Å². The van der Waals surface area contributed by atoms with E-state index in [1.54, 1.807) is 16.3 Å². The van der Waals surface area contributed by atoms with Gasteiger partial charge in [0.05, 0.1) is 10.9 Å². The van der Waals surface area contributed by atoms with Crippen molar-refractivity contribution in [3.63, 3.8) is 0 Å². The lowest BCUT2D eigenvalue weighted by molar-refractivity contribution is 0.651. The van der Waals surface area contributed by atoms with Crippen LogP contribution in [0.1, 0.15) is 20.3 Å². The number of rotatable bonds is 5. The van der Waals surface area contributed by atoms with Gasteiger partial charge in [-0.3, -0.25) is 9.36 Å². The van der Waals surface area contributed by atoms with Gasteiger partial charge in [-0.2, -0.15) is 0 Å². The topological polar surface area (TPSA) is 34.9 Å². The van der Waals surface area contributed by atoms with E-state index in [0.29, 0.717) is 11.9 Å². The van der Waals surface area contributed by atoms with E-state index in [4.69, 9.17) is 0 Å². The number of fused-ring (bicyclic) bond motifs is 1. The first-order valence-electron chi connectivity index (χ1n) is 6.40. The maximum absolute atomic E-state index is 12.5. The number of allylic oxidation sites excluding steroid dienone is 1. The maximum Gasteiger partial charge on any atom is 0.262 e. The van der Waals surface area contributed by atoms with E-state index < -0.39 is 0 Å². The fourth-order valence-corrected chi connectivity index (χ4v) is 2.71. The molecule has 0 saturated carbocycles. The Kier molecular flexibility index (Phi) is 4.43. The summed E-state index contributed by atoms with van der Waals surface area (Å²) in [6.07, 6.45) is 1.06. The number of nitrogens with zero attached hydrogens (tertiary/aromatic N) is 2. The van der Waals surface area contributed by atoms with Crippen LogP contribution in [0, 0.1) is 0 Å². The molecule has 2 rings (SSSR count). The van der Waals surface area contributed by atoms with Gasteiger partial charge in [0, 0.05) is 12.3 Å².